The largest absolute Gasteiger partial charge is 0.496 e. The first-order valence-electron chi connectivity index (χ1n) is 9.81. The van der Waals surface area contributed by atoms with Gasteiger partial charge in [-0.3, -0.25) is 4.99 Å². The molecule has 1 aromatic rings. The molecule has 0 spiro atoms. The Labute approximate surface area is 191 Å². The van der Waals surface area contributed by atoms with E-state index in [1.807, 2.05) is 18.8 Å². The number of thioether (sulfide) groups is 1. The molecule has 0 aromatic heterocycles. The molecule has 0 unspecified atom stereocenters. The SMILES string of the molecule is CN=C(NCCCCSC)NCC1(c2cc(C)ccc2OC)CCOCC1.I. The van der Waals surface area contributed by atoms with Crippen molar-refractivity contribution in [2.24, 2.45) is 4.99 Å². The summed E-state index contributed by atoms with van der Waals surface area (Å²) >= 11 is 1.90. The van der Waals surface area contributed by atoms with Crippen LogP contribution in [-0.4, -0.2) is 58.4 Å². The van der Waals surface area contributed by atoms with Gasteiger partial charge < -0.3 is 20.1 Å². The molecule has 1 heterocycles. The van der Waals surface area contributed by atoms with Crippen LogP contribution >= 0.6 is 35.7 Å². The number of nitrogens with one attached hydrogen (secondary N) is 2. The van der Waals surface area contributed by atoms with Crippen LogP contribution in [0.1, 0.15) is 36.8 Å². The molecule has 2 rings (SSSR count). The smallest absolute Gasteiger partial charge is 0.191 e. The molecule has 0 amide bonds. The van der Waals surface area contributed by atoms with Crippen LogP contribution in [0.4, 0.5) is 0 Å². The Morgan fingerprint density at radius 2 is 2.00 bits per heavy atom. The summed E-state index contributed by atoms with van der Waals surface area (Å²) in [4.78, 5) is 4.40. The number of benzene rings is 1. The summed E-state index contributed by atoms with van der Waals surface area (Å²) in [5, 5.41) is 7.01. The van der Waals surface area contributed by atoms with Gasteiger partial charge in [-0.05, 0) is 50.7 Å². The van der Waals surface area contributed by atoms with Crippen LogP contribution in [0.15, 0.2) is 23.2 Å². The normalized spacial score (nSPS) is 16.2. The molecule has 0 bridgehead atoms. The van der Waals surface area contributed by atoms with Gasteiger partial charge in [0.15, 0.2) is 5.96 Å². The molecule has 5 nitrogen and oxygen atoms in total. The van der Waals surface area contributed by atoms with Gasteiger partial charge in [0.2, 0.25) is 0 Å². The van der Waals surface area contributed by atoms with E-state index < -0.39 is 0 Å². The average molecular weight is 522 g/mol. The van der Waals surface area contributed by atoms with Crippen LogP contribution in [0.25, 0.3) is 0 Å². The van der Waals surface area contributed by atoms with Crippen molar-refractivity contribution >= 4 is 41.7 Å². The Hall–Kier alpha value is -0.670. The zero-order valence-corrected chi connectivity index (χ0v) is 20.8. The maximum Gasteiger partial charge on any atom is 0.191 e. The summed E-state index contributed by atoms with van der Waals surface area (Å²) in [7, 11) is 3.59. The Morgan fingerprint density at radius 1 is 1.25 bits per heavy atom. The number of unbranched alkanes of at least 4 members (excludes halogenated alkanes) is 1. The zero-order valence-electron chi connectivity index (χ0n) is 17.7. The molecule has 1 aliphatic rings. The minimum atomic E-state index is -0.00785. The molecule has 1 saturated heterocycles. The van der Waals surface area contributed by atoms with E-state index in [-0.39, 0.29) is 29.4 Å². The Balaban J connectivity index is 0.00000392. The first kappa shape index (κ1) is 25.4. The lowest BCUT2D eigenvalue weighted by molar-refractivity contribution is 0.0505. The highest BCUT2D eigenvalue weighted by atomic mass is 127. The van der Waals surface area contributed by atoms with Gasteiger partial charge in [0.25, 0.3) is 0 Å². The second-order valence-electron chi connectivity index (χ2n) is 7.15. The van der Waals surface area contributed by atoms with Crippen molar-refractivity contribution in [3.05, 3.63) is 29.3 Å². The lowest BCUT2D eigenvalue weighted by Gasteiger charge is -2.39. The molecule has 1 fully saturated rings. The first-order chi connectivity index (χ1) is 13.1. The van der Waals surface area contributed by atoms with Gasteiger partial charge in [-0.25, -0.2) is 0 Å². The summed E-state index contributed by atoms with van der Waals surface area (Å²) < 4.78 is 11.4. The van der Waals surface area contributed by atoms with Crippen LogP contribution in [0, 0.1) is 6.92 Å². The number of hydrogen-bond donors (Lipinski definition) is 2. The van der Waals surface area contributed by atoms with Gasteiger partial charge in [0.05, 0.1) is 7.11 Å². The topological polar surface area (TPSA) is 54.9 Å². The third-order valence-electron chi connectivity index (χ3n) is 5.26. The van der Waals surface area contributed by atoms with Crippen molar-refractivity contribution < 1.29 is 9.47 Å². The molecule has 0 atom stereocenters. The highest BCUT2D eigenvalue weighted by molar-refractivity contribution is 14.0. The molecule has 28 heavy (non-hydrogen) atoms. The fourth-order valence-corrected chi connectivity index (χ4v) is 4.08. The molecule has 7 heteroatoms. The van der Waals surface area contributed by atoms with Crippen LogP contribution in [0.5, 0.6) is 5.75 Å². The first-order valence-corrected chi connectivity index (χ1v) is 11.2. The van der Waals surface area contributed by atoms with Gasteiger partial charge in [-0.2, -0.15) is 11.8 Å². The number of nitrogens with zero attached hydrogens (tertiary/aromatic N) is 1. The Bertz CT molecular complexity index is 607. The van der Waals surface area contributed by atoms with Gasteiger partial charge >= 0.3 is 0 Å². The summed E-state index contributed by atoms with van der Waals surface area (Å²) in [5.74, 6) is 3.05. The minimum absolute atomic E-state index is 0. The maximum absolute atomic E-state index is 5.70. The highest BCUT2D eigenvalue weighted by Gasteiger charge is 2.37. The monoisotopic (exact) mass is 521 g/mol. The van der Waals surface area contributed by atoms with E-state index in [2.05, 4.69) is 47.0 Å². The van der Waals surface area contributed by atoms with Crippen LogP contribution in [0.2, 0.25) is 0 Å². The van der Waals surface area contributed by atoms with Crippen molar-refractivity contribution in [2.45, 2.75) is 38.0 Å². The van der Waals surface area contributed by atoms with Crippen molar-refractivity contribution in [1.82, 2.24) is 10.6 Å². The number of halogens is 1. The fraction of sp³-hybridized carbons (Fsp3) is 0.667. The number of hydrogen-bond acceptors (Lipinski definition) is 4. The van der Waals surface area contributed by atoms with E-state index in [0.29, 0.717) is 0 Å². The lowest BCUT2D eigenvalue weighted by Crippen LogP contribution is -2.48. The van der Waals surface area contributed by atoms with Gasteiger partial charge in [0, 0.05) is 44.3 Å². The highest BCUT2D eigenvalue weighted by Crippen LogP contribution is 2.40. The number of ether oxygens (including phenoxy) is 2. The van der Waals surface area contributed by atoms with E-state index in [4.69, 9.17) is 9.47 Å². The van der Waals surface area contributed by atoms with Gasteiger partial charge in [0.1, 0.15) is 5.75 Å². The molecule has 1 aliphatic heterocycles. The van der Waals surface area contributed by atoms with E-state index >= 15 is 0 Å². The zero-order chi connectivity index (χ0) is 19.5. The lowest BCUT2D eigenvalue weighted by atomic mass is 9.73. The number of guanidine groups is 1. The summed E-state index contributed by atoms with van der Waals surface area (Å²) in [5.41, 5.74) is 2.52. The standard InChI is InChI=1S/C21H35N3O2S.HI/c1-17-7-8-19(25-3)18(15-17)21(9-12-26-13-10-21)16-24-20(22-2)23-11-5-6-14-27-4;/h7-8,15H,5-6,9-14,16H2,1-4H3,(H2,22,23,24);1H. The average Bonchev–Trinajstić information content (AvgIpc) is 2.70. The maximum atomic E-state index is 5.70. The second kappa shape index (κ2) is 13.5. The predicted octanol–water partition coefficient (Wildman–Crippen LogP) is 3.98. The van der Waals surface area contributed by atoms with Crippen LogP contribution in [-0.2, 0) is 10.2 Å². The van der Waals surface area contributed by atoms with Gasteiger partial charge in [-0.15, -0.1) is 24.0 Å². The summed E-state index contributed by atoms with van der Waals surface area (Å²) in [6.07, 6.45) is 6.50. The third kappa shape index (κ3) is 7.30. The summed E-state index contributed by atoms with van der Waals surface area (Å²) in [6, 6.07) is 6.46. The number of aryl methyl sites for hydroxylation is 1. The molecule has 160 valence electrons. The van der Waals surface area contributed by atoms with E-state index in [0.717, 1.165) is 57.3 Å². The second-order valence-corrected chi connectivity index (χ2v) is 8.13. The molecule has 1 aromatic carbocycles. The molecule has 0 saturated carbocycles. The minimum Gasteiger partial charge on any atom is -0.496 e. The van der Waals surface area contributed by atoms with Crippen LogP contribution in [0.3, 0.4) is 0 Å². The third-order valence-corrected chi connectivity index (χ3v) is 5.96. The van der Waals surface area contributed by atoms with Crippen LogP contribution < -0.4 is 15.4 Å². The van der Waals surface area contributed by atoms with Gasteiger partial charge in [-0.1, -0.05) is 17.7 Å². The summed E-state index contributed by atoms with van der Waals surface area (Å²) in [6.45, 7) is 5.46. The molecule has 2 N–H and O–H groups in total. The molecule has 0 aliphatic carbocycles. The number of aliphatic imine (C=N–C) groups is 1. The Kier molecular flexibility index (Phi) is 12.3. The fourth-order valence-electron chi connectivity index (χ4n) is 3.59. The van der Waals surface area contributed by atoms with E-state index in [9.17, 15) is 0 Å². The Morgan fingerprint density at radius 3 is 2.64 bits per heavy atom. The van der Waals surface area contributed by atoms with Crippen molar-refractivity contribution in [1.29, 1.82) is 0 Å². The van der Waals surface area contributed by atoms with Crippen molar-refractivity contribution in [3.63, 3.8) is 0 Å². The van der Waals surface area contributed by atoms with Crippen molar-refractivity contribution in [2.75, 3.05) is 52.5 Å². The van der Waals surface area contributed by atoms with Crippen molar-refractivity contribution in [3.8, 4) is 5.75 Å². The molecular weight excluding hydrogens is 485 g/mol. The number of methoxy groups -OCH3 is 1. The van der Waals surface area contributed by atoms with E-state index in [1.165, 1.54) is 23.3 Å². The van der Waals surface area contributed by atoms with E-state index in [1.54, 1.807) is 7.11 Å². The number of rotatable bonds is 9. The molecule has 0 radical (unpaired) electrons. The molecular formula is C21H36IN3O2S. The predicted molar refractivity (Wildman–Crippen MR) is 132 cm³/mol. The quantitative estimate of drug-likeness (QED) is 0.223.